The number of carbonyl (C=O) groups excluding carboxylic acids is 4. The Balaban J connectivity index is 1.39. The second kappa shape index (κ2) is 8.17. The molecule has 1 aromatic heterocycles. The van der Waals surface area contributed by atoms with Crippen molar-refractivity contribution in [1.82, 2.24) is 15.2 Å². The minimum absolute atomic E-state index is 0.00943. The number of esters is 1. The normalized spacial score (nSPS) is 23.4. The first-order valence-corrected chi connectivity index (χ1v) is 10.8. The van der Waals surface area contributed by atoms with Crippen molar-refractivity contribution in [3.05, 3.63) is 35.5 Å². The highest BCUT2D eigenvalue weighted by Gasteiger charge is 2.55. The second-order valence-electron chi connectivity index (χ2n) is 8.42. The van der Waals surface area contributed by atoms with Crippen LogP contribution in [0.3, 0.4) is 0 Å². The monoisotopic (exact) mass is 425 g/mol. The standard InChI is InChI=1S/C23H27N3O5/c1-3-15-8-6-9-16-17(11-24-20(15)16)18(27)13-31-19(28)12-26-21(29)23(25-22(26)30)10-5-4-7-14(23)2/h6,8-9,11,14,24H,3-5,7,10,12-13H2,1-2H3,(H,25,30)/t14-,23-/m1/s1. The van der Waals surface area contributed by atoms with Crippen LogP contribution in [0.2, 0.25) is 0 Å². The molecular formula is C23H27N3O5. The summed E-state index contributed by atoms with van der Waals surface area (Å²) < 4.78 is 5.12. The van der Waals surface area contributed by atoms with Gasteiger partial charge in [0.25, 0.3) is 5.91 Å². The van der Waals surface area contributed by atoms with E-state index in [1.54, 1.807) is 6.20 Å². The fourth-order valence-corrected chi connectivity index (χ4v) is 4.78. The first-order chi connectivity index (χ1) is 14.9. The Hall–Kier alpha value is -3.16. The van der Waals surface area contributed by atoms with Crippen molar-refractivity contribution in [2.24, 2.45) is 5.92 Å². The molecule has 8 nitrogen and oxygen atoms in total. The summed E-state index contributed by atoms with van der Waals surface area (Å²) in [4.78, 5) is 54.3. The topological polar surface area (TPSA) is 109 Å². The van der Waals surface area contributed by atoms with E-state index in [9.17, 15) is 19.2 Å². The lowest BCUT2D eigenvalue weighted by molar-refractivity contribution is -0.147. The van der Waals surface area contributed by atoms with Crippen molar-refractivity contribution in [2.75, 3.05) is 13.2 Å². The number of benzene rings is 1. The Morgan fingerprint density at radius 2 is 2.06 bits per heavy atom. The number of amides is 3. The van der Waals surface area contributed by atoms with E-state index in [1.807, 2.05) is 32.0 Å². The van der Waals surface area contributed by atoms with Crippen LogP contribution >= 0.6 is 0 Å². The number of hydrogen-bond acceptors (Lipinski definition) is 5. The number of ether oxygens (including phenoxy) is 1. The third-order valence-electron chi connectivity index (χ3n) is 6.64. The quantitative estimate of drug-likeness (QED) is 0.420. The number of aromatic amines is 1. The van der Waals surface area contributed by atoms with E-state index in [-0.39, 0.29) is 17.6 Å². The number of carbonyl (C=O) groups is 4. The minimum Gasteiger partial charge on any atom is -0.456 e. The van der Waals surface area contributed by atoms with Crippen molar-refractivity contribution < 1.29 is 23.9 Å². The predicted octanol–water partition coefficient (Wildman–Crippen LogP) is 2.96. The molecule has 1 saturated heterocycles. The number of nitrogens with one attached hydrogen (secondary N) is 2. The lowest BCUT2D eigenvalue weighted by Gasteiger charge is -2.36. The molecule has 1 spiro atoms. The smallest absolute Gasteiger partial charge is 0.326 e. The van der Waals surface area contributed by atoms with E-state index >= 15 is 0 Å². The average Bonchev–Trinajstić information content (AvgIpc) is 3.30. The molecule has 2 N–H and O–H groups in total. The van der Waals surface area contributed by atoms with E-state index < -0.39 is 30.7 Å². The molecule has 3 amide bonds. The van der Waals surface area contributed by atoms with Gasteiger partial charge in [0, 0.05) is 22.7 Å². The third-order valence-corrected chi connectivity index (χ3v) is 6.64. The van der Waals surface area contributed by atoms with Gasteiger partial charge in [0.1, 0.15) is 12.1 Å². The van der Waals surface area contributed by atoms with Gasteiger partial charge in [0.2, 0.25) is 5.78 Å². The average molecular weight is 425 g/mol. The van der Waals surface area contributed by atoms with Gasteiger partial charge in [-0.2, -0.15) is 0 Å². The summed E-state index contributed by atoms with van der Waals surface area (Å²) >= 11 is 0. The Kier molecular flexibility index (Phi) is 5.56. The molecule has 2 fully saturated rings. The molecule has 31 heavy (non-hydrogen) atoms. The molecule has 8 heteroatoms. The van der Waals surface area contributed by atoms with E-state index in [1.165, 1.54) is 0 Å². The molecule has 2 aliphatic rings. The van der Waals surface area contributed by atoms with E-state index in [0.717, 1.165) is 47.0 Å². The van der Waals surface area contributed by atoms with E-state index in [2.05, 4.69) is 10.3 Å². The molecule has 1 aliphatic carbocycles. The van der Waals surface area contributed by atoms with Crippen molar-refractivity contribution in [3.63, 3.8) is 0 Å². The number of fused-ring (bicyclic) bond motifs is 1. The van der Waals surface area contributed by atoms with E-state index in [4.69, 9.17) is 4.74 Å². The van der Waals surface area contributed by atoms with Crippen LogP contribution in [0.4, 0.5) is 4.79 Å². The molecule has 0 bridgehead atoms. The maximum Gasteiger partial charge on any atom is 0.326 e. The third kappa shape index (κ3) is 3.60. The van der Waals surface area contributed by atoms with Crippen LogP contribution in [0, 0.1) is 5.92 Å². The Morgan fingerprint density at radius 3 is 2.81 bits per heavy atom. The number of nitrogens with zero attached hydrogens (tertiary/aromatic N) is 1. The summed E-state index contributed by atoms with van der Waals surface area (Å²) in [6.45, 7) is 3.03. The zero-order valence-electron chi connectivity index (χ0n) is 17.8. The summed E-state index contributed by atoms with van der Waals surface area (Å²) in [6.07, 6.45) is 5.74. The summed E-state index contributed by atoms with van der Waals surface area (Å²) in [5, 5.41) is 3.58. The summed E-state index contributed by atoms with van der Waals surface area (Å²) in [5.41, 5.74) is 1.51. The molecule has 2 atom stereocenters. The molecule has 0 radical (unpaired) electrons. The molecule has 1 saturated carbocycles. The van der Waals surface area contributed by atoms with Gasteiger partial charge >= 0.3 is 12.0 Å². The number of ketones is 1. The Labute approximate surface area is 180 Å². The van der Waals surface area contributed by atoms with Crippen molar-refractivity contribution in [1.29, 1.82) is 0 Å². The molecule has 4 rings (SSSR count). The van der Waals surface area contributed by atoms with Crippen LogP contribution in [0.25, 0.3) is 10.9 Å². The number of para-hydroxylation sites is 1. The maximum absolute atomic E-state index is 12.9. The number of rotatable bonds is 6. The first kappa shape index (κ1) is 21.1. The highest BCUT2D eigenvalue weighted by molar-refractivity contribution is 6.10. The highest BCUT2D eigenvalue weighted by atomic mass is 16.5. The molecule has 1 aromatic carbocycles. The van der Waals surface area contributed by atoms with Crippen LogP contribution in [-0.4, -0.2) is 52.3 Å². The fourth-order valence-electron chi connectivity index (χ4n) is 4.78. The van der Waals surface area contributed by atoms with Gasteiger partial charge in [0.15, 0.2) is 6.61 Å². The molecule has 164 valence electrons. The first-order valence-electron chi connectivity index (χ1n) is 10.8. The number of aryl methyl sites for hydroxylation is 1. The van der Waals surface area contributed by atoms with Gasteiger partial charge in [0.05, 0.1) is 0 Å². The Morgan fingerprint density at radius 1 is 1.26 bits per heavy atom. The SMILES string of the molecule is CCc1cccc2c(C(=O)COC(=O)CN3C(=O)N[C@@]4(CCCC[C@H]4C)C3=O)c[nH]c12. The van der Waals surface area contributed by atoms with Gasteiger partial charge in [-0.25, -0.2) is 4.79 Å². The van der Waals surface area contributed by atoms with Gasteiger partial charge in [-0.05, 0) is 30.7 Å². The van der Waals surface area contributed by atoms with Crippen LogP contribution in [0.1, 0.15) is 55.5 Å². The van der Waals surface area contributed by atoms with Crippen LogP contribution in [0.5, 0.6) is 0 Å². The maximum atomic E-state index is 12.9. The number of aromatic nitrogens is 1. The number of Topliss-reactive ketones (excluding diaryl/α,β-unsaturated/α-hetero) is 1. The zero-order valence-corrected chi connectivity index (χ0v) is 17.8. The summed E-state index contributed by atoms with van der Waals surface area (Å²) in [5.74, 6) is -1.50. The molecule has 2 aromatic rings. The van der Waals surface area contributed by atoms with E-state index in [0.29, 0.717) is 12.0 Å². The van der Waals surface area contributed by atoms with Crippen LogP contribution in [-0.2, 0) is 20.7 Å². The number of hydrogen-bond donors (Lipinski definition) is 2. The highest BCUT2D eigenvalue weighted by Crippen LogP contribution is 2.38. The largest absolute Gasteiger partial charge is 0.456 e. The number of urea groups is 1. The van der Waals surface area contributed by atoms with Crippen LogP contribution in [0.15, 0.2) is 24.4 Å². The molecule has 2 heterocycles. The summed E-state index contributed by atoms with van der Waals surface area (Å²) in [7, 11) is 0. The fraction of sp³-hybridized carbons (Fsp3) is 0.478. The lowest BCUT2D eigenvalue weighted by Crippen LogP contribution is -2.54. The molecular weight excluding hydrogens is 398 g/mol. The Bertz CT molecular complexity index is 1060. The number of H-pyrrole nitrogens is 1. The molecule has 1 aliphatic heterocycles. The lowest BCUT2D eigenvalue weighted by atomic mass is 9.73. The van der Waals surface area contributed by atoms with Crippen molar-refractivity contribution >= 4 is 34.6 Å². The van der Waals surface area contributed by atoms with Gasteiger partial charge in [-0.3, -0.25) is 19.3 Å². The minimum atomic E-state index is -0.924. The van der Waals surface area contributed by atoms with Gasteiger partial charge in [-0.15, -0.1) is 0 Å². The van der Waals surface area contributed by atoms with Crippen molar-refractivity contribution in [3.8, 4) is 0 Å². The molecule has 0 unspecified atom stereocenters. The van der Waals surface area contributed by atoms with Crippen molar-refractivity contribution in [2.45, 2.75) is 51.5 Å². The summed E-state index contributed by atoms with van der Waals surface area (Å²) in [6, 6.07) is 5.14. The van der Waals surface area contributed by atoms with Crippen LogP contribution < -0.4 is 5.32 Å². The van der Waals surface area contributed by atoms with Gasteiger partial charge < -0.3 is 15.0 Å². The number of imide groups is 1. The van der Waals surface area contributed by atoms with Gasteiger partial charge in [-0.1, -0.05) is 44.9 Å². The second-order valence-corrected chi connectivity index (χ2v) is 8.42. The predicted molar refractivity (Wildman–Crippen MR) is 114 cm³/mol. The zero-order chi connectivity index (χ0) is 22.2.